The molecule has 2 aromatic rings. The van der Waals surface area contributed by atoms with Crippen molar-refractivity contribution in [2.75, 3.05) is 45.4 Å². The SMILES string of the molecule is COc1cc(N)c(Cl)cc1C(=O)Nc1cccc(OCCCN(C)C)c1.Cl.Cl. The minimum absolute atomic E-state index is 0. The van der Waals surface area contributed by atoms with Gasteiger partial charge in [-0.1, -0.05) is 17.7 Å². The highest BCUT2D eigenvalue weighted by atomic mass is 35.5. The largest absolute Gasteiger partial charge is 0.496 e. The van der Waals surface area contributed by atoms with Gasteiger partial charge < -0.3 is 25.4 Å². The van der Waals surface area contributed by atoms with E-state index in [-0.39, 0.29) is 30.7 Å². The van der Waals surface area contributed by atoms with E-state index in [4.69, 9.17) is 26.8 Å². The first-order chi connectivity index (χ1) is 12.4. The van der Waals surface area contributed by atoms with Crippen molar-refractivity contribution in [1.82, 2.24) is 4.90 Å². The molecule has 1 amide bonds. The highest BCUT2D eigenvalue weighted by Crippen LogP contribution is 2.29. The van der Waals surface area contributed by atoms with Crippen molar-refractivity contribution in [3.63, 3.8) is 0 Å². The minimum Gasteiger partial charge on any atom is -0.496 e. The summed E-state index contributed by atoms with van der Waals surface area (Å²) in [5.74, 6) is 0.720. The Morgan fingerprint density at radius 3 is 2.57 bits per heavy atom. The highest BCUT2D eigenvalue weighted by Gasteiger charge is 2.15. The van der Waals surface area contributed by atoms with Gasteiger partial charge in [0, 0.05) is 24.4 Å². The maximum Gasteiger partial charge on any atom is 0.259 e. The lowest BCUT2D eigenvalue weighted by Gasteiger charge is -2.13. The van der Waals surface area contributed by atoms with Gasteiger partial charge in [-0.15, -0.1) is 24.8 Å². The predicted molar refractivity (Wildman–Crippen MR) is 120 cm³/mol. The molecule has 2 aromatic carbocycles. The first kappa shape index (κ1) is 26.1. The number of ether oxygens (including phenoxy) is 2. The van der Waals surface area contributed by atoms with Gasteiger partial charge in [0.05, 0.1) is 30.0 Å². The topological polar surface area (TPSA) is 76.8 Å². The maximum atomic E-state index is 12.6. The van der Waals surface area contributed by atoms with E-state index in [9.17, 15) is 4.79 Å². The molecule has 0 saturated carbocycles. The molecule has 0 heterocycles. The van der Waals surface area contributed by atoms with E-state index in [1.807, 2.05) is 26.2 Å². The van der Waals surface area contributed by atoms with Gasteiger partial charge in [-0.05, 0) is 38.7 Å². The molecule has 0 bridgehead atoms. The number of nitrogens with two attached hydrogens (primary N) is 1. The zero-order valence-electron chi connectivity index (χ0n) is 16.0. The van der Waals surface area contributed by atoms with Gasteiger partial charge in [0.1, 0.15) is 11.5 Å². The van der Waals surface area contributed by atoms with E-state index in [1.165, 1.54) is 19.2 Å². The Hall–Kier alpha value is -1.86. The summed E-state index contributed by atoms with van der Waals surface area (Å²) in [6.07, 6.45) is 0.921. The van der Waals surface area contributed by atoms with Crippen LogP contribution in [0.1, 0.15) is 16.8 Å². The lowest BCUT2D eigenvalue weighted by molar-refractivity contribution is 0.102. The summed E-state index contributed by atoms with van der Waals surface area (Å²) in [6, 6.07) is 10.3. The van der Waals surface area contributed by atoms with E-state index < -0.39 is 0 Å². The molecular weight excluding hydrogens is 425 g/mol. The molecule has 6 nitrogen and oxygen atoms in total. The Morgan fingerprint density at radius 2 is 1.93 bits per heavy atom. The van der Waals surface area contributed by atoms with Crippen LogP contribution < -0.4 is 20.5 Å². The molecule has 0 aliphatic heterocycles. The molecule has 9 heteroatoms. The normalized spacial score (nSPS) is 9.89. The number of anilines is 2. The summed E-state index contributed by atoms with van der Waals surface area (Å²) in [6.45, 7) is 1.56. The number of carbonyl (C=O) groups is 1. The van der Waals surface area contributed by atoms with E-state index in [0.29, 0.717) is 40.1 Å². The number of hydrogen-bond donors (Lipinski definition) is 2. The third-order valence-corrected chi connectivity index (χ3v) is 4.00. The maximum absolute atomic E-state index is 12.6. The van der Waals surface area contributed by atoms with Crippen LogP contribution in [-0.2, 0) is 0 Å². The number of nitrogens with one attached hydrogen (secondary N) is 1. The number of nitrogens with zero attached hydrogens (tertiary/aromatic N) is 1. The van der Waals surface area contributed by atoms with Crippen molar-refractivity contribution >= 4 is 53.7 Å². The summed E-state index contributed by atoms with van der Waals surface area (Å²) >= 11 is 6.02. The standard InChI is InChI=1S/C19H24ClN3O3.2ClH/c1-23(2)8-5-9-26-14-7-4-6-13(10-14)22-19(24)15-11-16(20)17(21)12-18(15)25-3;;/h4,6-7,10-12H,5,8-9,21H2,1-3H3,(H,22,24);2*1H. The van der Waals surface area contributed by atoms with Crippen LogP contribution in [-0.4, -0.2) is 45.2 Å². The molecule has 0 radical (unpaired) electrons. The number of rotatable bonds is 8. The minimum atomic E-state index is -0.339. The first-order valence-electron chi connectivity index (χ1n) is 8.22. The number of amides is 1. The van der Waals surface area contributed by atoms with Crippen LogP contribution in [0.15, 0.2) is 36.4 Å². The van der Waals surface area contributed by atoms with E-state index in [0.717, 1.165) is 13.0 Å². The van der Waals surface area contributed by atoms with Gasteiger partial charge in [-0.25, -0.2) is 0 Å². The molecule has 0 aliphatic rings. The molecular formula is C19H26Cl3N3O3. The van der Waals surface area contributed by atoms with Crippen molar-refractivity contribution < 1.29 is 14.3 Å². The molecule has 28 heavy (non-hydrogen) atoms. The summed E-state index contributed by atoms with van der Waals surface area (Å²) in [5.41, 5.74) is 7.04. The molecule has 3 N–H and O–H groups in total. The fourth-order valence-corrected chi connectivity index (χ4v) is 2.51. The van der Waals surface area contributed by atoms with E-state index >= 15 is 0 Å². The third kappa shape index (κ3) is 7.64. The smallest absolute Gasteiger partial charge is 0.259 e. The lowest BCUT2D eigenvalue weighted by atomic mass is 10.1. The van der Waals surface area contributed by atoms with Crippen LogP contribution in [0.3, 0.4) is 0 Å². The number of hydrogen-bond acceptors (Lipinski definition) is 5. The second kappa shape index (κ2) is 12.6. The summed E-state index contributed by atoms with van der Waals surface area (Å²) in [4.78, 5) is 14.7. The summed E-state index contributed by atoms with van der Waals surface area (Å²) in [7, 11) is 5.52. The Labute approximate surface area is 183 Å². The summed E-state index contributed by atoms with van der Waals surface area (Å²) in [5, 5.41) is 3.12. The fourth-order valence-electron chi connectivity index (χ4n) is 2.35. The molecule has 2 rings (SSSR count). The molecule has 0 spiro atoms. The average Bonchev–Trinajstić information content (AvgIpc) is 2.60. The van der Waals surface area contributed by atoms with Crippen LogP contribution in [0.2, 0.25) is 5.02 Å². The van der Waals surface area contributed by atoms with Crippen molar-refractivity contribution in [2.24, 2.45) is 0 Å². The molecule has 0 fully saturated rings. The summed E-state index contributed by atoms with van der Waals surface area (Å²) < 4.78 is 10.9. The Kier molecular flexibility index (Phi) is 11.7. The van der Waals surface area contributed by atoms with Crippen molar-refractivity contribution in [1.29, 1.82) is 0 Å². The molecule has 0 unspecified atom stereocenters. The van der Waals surface area contributed by atoms with Gasteiger partial charge in [0.2, 0.25) is 0 Å². The second-order valence-electron chi connectivity index (χ2n) is 6.06. The fraction of sp³-hybridized carbons (Fsp3) is 0.316. The Morgan fingerprint density at radius 1 is 1.21 bits per heavy atom. The first-order valence-corrected chi connectivity index (χ1v) is 8.60. The van der Waals surface area contributed by atoms with Crippen molar-refractivity contribution in [2.45, 2.75) is 6.42 Å². The van der Waals surface area contributed by atoms with E-state index in [1.54, 1.807) is 12.1 Å². The highest BCUT2D eigenvalue weighted by molar-refractivity contribution is 6.33. The molecule has 0 aromatic heterocycles. The number of halogens is 3. The number of carbonyl (C=O) groups excluding carboxylic acids is 1. The van der Waals surface area contributed by atoms with Crippen LogP contribution in [0, 0.1) is 0 Å². The van der Waals surface area contributed by atoms with Gasteiger partial charge in [-0.2, -0.15) is 0 Å². The zero-order chi connectivity index (χ0) is 19.1. The number of nitrogen functional groups attached to an aromatic ring is 1. The van der Waals surface area contributed by atoms with E-state index in [2.05, 4.69) is 10.2 Å². The van der Waals surface area contributed by atoms with Crippen LogP contribution in [0.5, 0.6) is 11.5 Å². The Balaban J connectivity index is 0.00000364. The van der Waals surface area contributed by atoms with Gasteiger partial charge in [0.25, 0.3) is 5.91 Å². The van der Waals surface area contributed by atoms with Gasteiger partial charge in [0.15, 0.2) is 0 Å². The number of methoxy groups -OCH3 is 1. The van der Waals surface area contributed by atoms with Gasteiger partial charge >= 0.3 is 0 Å². The average molecular weight is 451 g/mol. The molecule has 0 atom stereocenters. The number of benzene rings is 2. The zero-order valence-corrected chi connectivity index (χ0v) is 18.4. The molecule has 0 aliphatic carbocycles. The predicted octanol–water partition coefficient (Wildman–Crippen LogP) is 4.36. The lowest BCUT2D eigenvalue weighted by Crippen LogP contribution is -2.15. The van der Waals surface area contributed by atoms with Gasteiger partial charge in [-0.3, -0.25) is 4.79 Å². The van der Waals surface area contributed by atoms with Crippen LogP contribution in [0.4, 0.5) is 11.4 Å². The Bertz CT molecular complexity index is 773. The second-order valence-corrected chi connectivity index (χ2v) is 6.47. The third-order valence-electron chi connectivity index (χ3n) is 3.67. The van der Waals surface area contributed by atoms with Crippen molar-refractivity contribution in [3.05, 3.63) is 47.0 Å². The quantitative estimate of drug-likeness (QED) is 0.462. The van der Waals surface area contributed by atoms with Crippen molar-refractivity contribution in [3.8, 4) is 11.5 Å². The monoisotopic (exact) mass is 449 g/mol. The molecule has 0 saturated heterocycles. The van der Waals surface area contributed by atoms with Crippen LogP contribution in [0.25, 0.3) is 0 Å². The van der Waals surface area contributed by atoms with Crippen LogP contribution >= 0.6 is 36.4 Å². The molecule has 156 valence electrons.